The Bertz CT molecular complexity index is 3240. The molecular weight excluding hydrogens is 647 g/mol. The van der Waals surface area contributed by atoms with Crippen molar-refractivity contribution in [3.63, 3.8) is 0 Å². The molecule has 53 heavy (non-hydrogen) atoms. The van der Waals surface area contributed by atoms with Gasteiger partial charge in [0, 0.05) is 33.0 Å². The Labute approximate surface area is 304 Å². The van der Waals surface area contributed by atoms with Gasteiger partial charge in [-0.15, -0.1) is 0 Å². The van der Waals surface area contributed by atoms with Crippen molar-refractivity contribution in [1.82, 2.24) is 15.0 Å². The van der Waals surface area contributed by atoms with E-state index in [1.165, 1.54) is 37.7 Å². The van der Waals surface area contributed by atoms with Crippen LogP contribution in [0.25, 0.3) is 110 Å². The summed E-state index contributed by atoms with van der Waals surface area (Å²) < 4.78 is 6.86. The fourth-order valence-corrected chi connectivity index (χ4v) is 7.98. The highest BCUT2D eigenvalue weighted by atomic mass is 16.3. The minimum Gasteiger partial charge on any atom is -0.455 e. The smallest absolute Gasteiger partial charge is 0.164 e. The van der Waals surface area contributed by atoms with Crippen LogP contribution >= 0.6 is 0 Å². The molecule has 246 valence electrons. The van der Waals surface area contributed by atoms with Crippen molar-refractivity contribution in [2.45, 2.75) is 0 Å². The molecule has 0 N–H and O–H groups in total. The molecule has 0 saturated heterocycles. The van der Waals surface area contributed by atoms with Crippen molar-refractivity contribution in [2.24, 2.45) is 0 Å². The summed E-state index contributed by atoms with van der Waals surface area (Å²) in [5.41, 5.74) is 6.53. The Hall–Kier alpha value is -7.17. The zero-order chi connectivity index (χ0) is 34.9. The average Bonchev–Trinajstić information content (AvgIpc) is 3.63. The molecule has 0 amide bonds. The zero-order valence-corrected chi connectivity index (χ0v) is 28.5. The van der Waals surface area contributed by atoms with Gasteiger partial charge in [0.2, 0.25) is 0 Å². The average molecular weight is 676 g/mol. The first-order valence-corrected chi connectivity index (χ1v) is 17.9. The second-order valence-corrected chi connectivity index (χ2v) is 13.5. The lowest BCUT2D eigenvalue weighted by atomic mass is 9.89. The molecule has 0 aliphatic carbocycles. The standard InChI is InChI=1S/C49H29N3O/c1-2-14-32(15-3-1)47-50-48(34-23-22-30-12-4-5-16-33(30)28-34)52-49(51-47)41-27-26-39(46-45(41)40-20-10-11-21-44(40)53-46)43-29-42-35-17-7-6-13-31(35)24-25-38(42)36-18-8-9-19-37(36)43/h1-29H. The molecule has 0 fully saturated rings. The topological polar surface area (TPSA) is 51.8 Å². The van der Waals surface area contributed by atoms with Gasteiger partial charge in [-0.25, -0.2) is 15.0 Å². The van der Waals surface area contributed by atoms with Gasteiger partial charge in [0.05, 0.1) is 0 Å². The van der Waals surface area contributed by atoms with Gasteiger partial charge in [-0.2, -0.15) is 0 Å². The second kappa shape index (κ2) is 11.7. The number of furan rings is 1. The van der Waals surface area contributed by atoms with Gasteiger partial charge in [-0.3, -0.25) is 0 Å². The molecule has 4 nitrogen and oxygen atoms in total. The monoisotopic (exact) mass is 675 g/mol. The van der Waals surface area contributed by atoms with Crippen molar-refractivity contribution in [3.8, 4) is 45.3 Å². The fourth-order valence-electron chi connectivity index (χ4n) is 7.98. The van der Waals surface area contributed by atoms with Crippen LogP contribution < -0.4 is 0 Å². The molecule has 0 atom stereocenters. The SMILES string of the molecule is c1ccc(-c2nc(-c3ccc4ccccc4c3)nc(-c3ccc(-c4cc5c6ccccc6ccc5c5ccccc45)c4oc5ccccc5c34)n2)cc1. The van der Waals surface area contributed by atoms with E-state index in [0.29, 0.717) is 17.5 Å². The van der Waals surface area contributed by atoms with E-state index in [1.54, 1.807) is 0 Å². The minimum atomic E-state index is 0.597. The van der Waals surface area contributed by atoms with Gasteiger partial charge < -0.3 is 4.42 Å². The third-order valence-corrected chi connectivity index (χ3v) is 10.5. The predicted octanol–water partition coefficient (Wildman–Crippen LogP) is 13.1. The number of aromatic nitrogens is 3. The summed E-state index contributed by atoms with van der Waals surface area (Å²) in [7, 11) is 0. The second-order valence-electron chi connectivity index (χ2n) is 13.5. The molecule has 0 bridgehead atoms. The van der Waals surface area contributed by atoms with Gasteiger partial charge in [0.1, 0.15) is 11.2 Å². The largest absolute Gasteiger partial charge is 0.455 e. The van der Waals surface area contributed by atoms with Crippen molar-refractivity contribution >= 4 is 65.0 Å². The van der Waals surface area contributed by atoms with E-state index in [9.17, 15) is 0 Å². The molecular formula is C49H29N3O. The van der Waals surface area contributed by atoms with Crippen molar-refractivity contribution < 1.29 is 4.42 Å². The first-order chi connectivity index (χ1) is 26.3. The molecule has 0 radical (unpaired) electrons. The van der Waals surface area contributed by atoms with Crippen LogP contribution in [0.15, 0.2) is 180 Å². The number of benzene rings is 9. The van der Waals surface area contributed by atoms with Gasteiger partial charge in [0.15, 0.2) is 17.5 Å². The minimum absolute atomic E-state index is 0.597. The number of nitrogens with zero attached hydrogens (tertiary/aromatic N) is 3. The lowest BCUT2D eigenvalue weighted by molar-refractivity contribution is 0.670. The Balaban J connectivity index is 1.21. The van der Waals surface area contributed by atoms with Gasteiger partial charge >= 0.3 is 0 Å². The van der Waals surface area contributed by atoms with Crippen LogP contribution in [-0.4, -0.2) is 15.0 Å². The predicted molar refractivity (Wildman–Crippen MR) is 219 cm³/mol. The molecule has 2 heterocycles. The van der Waals surface area contributed by atoms with Crippen LogP contribution in [0.4, 0.5) is 0 Å². The Morgan fingerprint density at radius 1 is 0.321 bits per heavy atom. The molecule has 0 spiro atoms. The molecule has 0 aliphatic rings. The van der Waals surface area contributed by atoms with Crippen molar-refractivity contribution in [1.29, 1.82) is 0 Å². The van der Waals surface area contributed by atoms with E-state index in [0.717, 1.165) is 55.1 Å². The summed E-state index contributed by atoms with van der Waals surface area (Å²) in [4.78, 5) is 15.4. The highest BCUT2D eigenvalue weighted by molar-refractivity contribution is 6.23. The molecule has 0 unspecified atom stereocenters. The van der Waals surface area contributed by atoms with Crippen LogP contribution in [0.1, 0.15) is 0 Å². The lowest BCUT2D eigenvalue weighted by Crippen LogP contribution is -2.00. The highest BCUT2D eigenvalue weighted by Gasteiger charge is 2.22. The summed E-state index contributed by atoms with van der Waals surface area (Å²) in [5, 5.41) is 11.6. The van der Waals surface area contributed by atoms with E-state index in [1.807, 2.05) is 42.5 Å². The quantitative estimate of drug-likeness (QED) is 0.174. The van der Waals surface area contributed by atoms with E-state index < -0.39 is 0 Å². The number of hydrogen-bond acceptors (Lipinski definition) is 4. The maximum Gasteiger partial charge on any atom is 0.164 e. The van der Waals surface area contributed by atoms with Crippen LogP contribution in [0.3, 0.4) is 0 Å². The van der Waals surface area contributed by atoms with E-state index in [4.69, 9.17) is 19.4 Å². The van der Waals surface area contributed by atoms with E-state index in [-0.39, 0.29) is 0 Å². The molecule has 9 aromatic carbocycles. The summed E-state index contributed by atoms with van der Waals surface area (Å²) in [6.07, 6.45) is 0. The maximum atomic E-state index is 6.86. The number of fused-ring (bicyclic) bond motifs is 9. The zero-order valence-electron chi connectivity index (χ0n) is 28.5. The third kappa shape index (κ3) is 4.73. The van der Waals surface area contributed by atoms with Crippen LogP contribution in [0, 0.1) is 0 Å². The number of hydrogen-bond donors (Lipinski definition) is 0. The Morgan fingerprint density at radius 3 is 1.77 bits per heavy atom. The molecule has 11 rings (SSSR count). The molecule has 2 aromatic heterocycles. The fraction of sp³-hybridized carbons (Fsp3) is 0. The normalized spacial score (nSPS) is 11.8. The van der Waals surface area contributed by atoms with Crippen LogP contribution in [0.2, 0.25) is 0 Å². The Morgan fingerprint density at radius 2 is 0.925 bits per heavy atom. The summed E-state index contributed by atoms with van der Waals surface area (Å²) >= 11 is 0. The maximum absolute atomic E-state index is 6.86. The number of para-hydroxylation sites is 1. The van der Waals surface area contributed by atoms with Gasteiger partial charge in [-0.1, -0.05) is 146 Å². The Kier molecular flexibility index (Phi) is 6.52. The van der Waals surface area contributed by atoms with Crippen molar-refractivity contribution in [3.05, 3.63) is 176 Å². The molecule has 0 saturated carbocycles. The van der Waals surface area contributed by atoms with Gasteiger partial charge in [0.25, 0.3) is 0 Å². The van der Waals surface area contributed by atoms with Gasteiger partial charge in [-0.05, 0) is 79.0 Å². The van der Waals surface area contributed by atoms with E-state index >= 15 is 0 Å². The molecule has 0 aliphatic heterocycles. The summed E-state index contributed by atoms with van der Waals surface area (Å²) in [6, 6.07) is 61.6. The molecule has 4 heteroatoms. The third-order valence-electron chi connectivity index (χ3n) is 10.5. The first kappa shape index (κ1) is 29.5. The highest BCUT2D eigenvalue weighted by Crippen LogP contribution is 2.45. The van der Waals surface area contributed by atoms with Crippen molar-refractivity contribution in [2.75, 3.05) is 0 Å². The van der Waals surface area contributed by atoms with Crippen LogP contribution in [-0.2, 0) is 0 Å². The lowest BCUT2D eigenvalue weighted by Gasteiger charge is -2.14. The first-order valence-electron chi connectivity index (χ1n) is 17.9. The summed E-state index contributed by atoms with van der Waals surface area (Å²) in [5.74, 6) is 1.84. The molecule has 11 aromatic rings. The number of rotatable bonds is 4. The summed E-state index contributed by atoms with van der Waals surface area (Å²) in [6.45, 7) is 0. The van der Waals surface area contributed by atoms with Crippen LogP contribution in [0.5, 0.6) is 0 Å². The van der Waals surface area contributed by atoms with E-state index in [2.05, 4.69) is 133 Å².